The third-order valence-electron chi connectivity index (χ3n) is 6.18. The number of unbranched alkanes of at least 4 members (excludes halogenated alkanes) is 4. The van der Waals surface area contributed by atoms with Gasteiger partial charge in [-0.15, -0.1) is 0 Å². The van der Waals surface area contributed by atoms with Crippen LogP contribution >= 0.6 is 0 Å². The van der Waals surface area contributed by atoms with Crippen molar-refractivity contribution in [2.75, 3.05) is 26.4 Å². The van der Waals surface area contributed by atoms with Crippen molar-refractivity contribution in [1.29, 1.82) is 0 Å². The molecule has 2 unspecified atom stereocenters. The van der Waals surface area contributed by atoms with E-state index in [1.807, 2.05) is 12.1 Å². The summed E-state index contributed by atoms with van der Waals surface area (Å²) in [6, 6.07) is 8.11. The normalized spacial score (nSPS) is 16.7. The lowest BCUT2D eigenvalue weighted by molar-refractivity contribution is 0.0138. The predicted molar refractivity (Wildman–Crippen MR) is 124 cm³/mol. The minimum Gasteiger partial charge on any atom is -0.379 e. The van der Waals surface area contributed by atoms with Crippen LogP contribution < -0.4 is 0 Å². The van der Waals surface area contributed by atoms with Crippen molar-refractivity contribution < 1.29 is 21.9 Å². The van der Waals surface area contributed by atoms with E-state index in [0.717, 1.165) is 19.5 Å². The summed E-state index contributed by atoms with van der Waals surface area (Å²) in [5.74, 6) is 0.544. The molecule has 0 fully saturated rings. The van der Waals surface area contributed by atoms with E-state index in [4.69, 9.17) is 13.5 Å². The maximum absolute atomic E-state index is 11.2. The molecule has 1 aromatic carbocycles. The van der Waals surface area contributed by atoms with Gasteiger partial charge in [0, 0.05) is 19.7 Å². The summed E-state index contributed by atoms with van der Waals surface area (Å²) in [5, 5.41) is 0. The lowest BCUT2D eigenvalue weighted by Gasteiger charge is -2.35. The SMILES string of the molecule is CCCCCCC(CCCC)COCC(COS(=O)(=O)O)N1CCc2ccccc2C1. The average molecular weight is 456 g/mol. The lowest BCUT2D eigenvalue weighted by atomic mass is 9.96. The number of rotatable bonds is 16. The first-order valence-electron chi connectivity index (χ1n) is 11.9. The van der Waals surface area contributed by atoms with E-state index in [0.29, 0.717) is 19.1 Å². The standard InChI is InChI=1S/C24H41NO5S/c1-3-5-7-8-12-21(11-6-4-2)18-29-19-24(20-30-31(26,27)28)25-16-15-22-13-9-10-14-23(22)17-25/h9-10,13-14,21,24H,3-8,11-12,15-20H2,1-2H3,(H,26,27,28). The summed E-state index contributed by atoms with van der Waals surface area (Å²) in [6.45, 7) is 6.98. The fourth-order valence-corrected chi connectivity index (χ4v) is 4.62. The van der Waals surface area contributed by atoms with Gasteiger partial charge in [-0.25, -0.2) is 4.18 Å². The third-order valence-corrected chi connectivity index (χ3v) is 6.62. The molecular weight excluding hydrogens is 414 g/mol. The molecule has 178 valence electrons. The largest absolute Gasteiger partial charge is 0.397 e. The smallest absolute Gasteiger partial charge is 0.379 e. The van der Waals surface area contributed by atoms with Gasteiger partial charge >= 0.3 is 10.4 Å². The molecule has 31 heavy (non-hydrogen) atoms. The highest BCUT2D eigenvalue weighted by molar-refractivity contribution is 7.80. The molecule has 1 N–H and O–H groups in total. The molecule has 0 aliphatic carbocycles. The van der Waals surface area contributed by atoms with Crippen LogP contribution in [0.15, 0.2) is 24.3 Å². The molecule has 0 bridgehead atoms. The van der Waals surface area contributed by atoms with E-state index in [1.54, 1.807) is 0 Å². The Balaban J connectivity index is 1.91. The molecule has 1 aliphatic heterocycles. The first-order chi connectivity index (χ1) is 14.9. The Morgan fingerprint density at radius 2 is 1.68 bits per heavy atom. The average Bonchev–Trinajstić information content (AvgIpc) is 2.75. The zero-order valence-electron chi connectivity index (χ0n) is 19.3. The van der Waals surface area contributed by atoms with Crippen LogP contribution in [0.2, 0.25) is 0 Å². The van der Waals surface area contributed by atoms with Crippen LogP contribution in [0.25, 0.3) is 0 Å². The van der Waals surface area contributed by atoms with Crippen LogP contribution in [0.4, 0.5) is 0 Å². The van der Waals surface area contributed by atoms with Crippen LogP contribution in [-0.4, -0.2) is 50.3 Å². The summed E-state index contributed by atoms with van der Waals surface area (Å²) in [5.41, 5.74) is 2.59. The minimum atomic E-state index is -4.47. The second kappa shape index (κ2) is 14.2. The van der Waals surface area contributed by atoms with Crippen molar-refractivity contribution in [3.8, 4) is 0 Å². The highest BCUT2D eigenvalue weighted by Gasteiger charge is 2.26. The third kappa shape index (κ3) is 10.4. The minimum absolute atomic E-state index is 0.100. The van der Waals surface area contributed by atoms with Gasteiger partial charge in [0.25, 0.3) is 0 Å². The van der Waals surface area contributed by atoms with Crippen molar-refractivity contribution in [3.63, 3.8) is 0 Å². The molecule has 1 aliphatic rings. The van der Waals surface area contributed by atoms with Gasteiger partial charge in [-0.2, -0.15) is 8.42 Å². The van der Waals surface area contributed by atoms with Crippen molar-refractivity contribution >= 4 is 10.4 Å². The molecule has 6 nitrogen and oxygen atoms in total. The van der Waals surface area contributed by atoms with Crippen molar-refractivity contribution in [2.45, 2.75) is 84.2 Å². The van der Waals surface area contributed by atoms with Gasteiger partial charge < -0.3 is 4.74 Å². The molecule has 2 rings (SSSR count). The van der Waals surface area contributed by atoms with E-state index in [2.05, 4.69) is 30.9 Å². The van der Waals surface area contributed by atoms with E-state index >= 15 is 0 Å². The van der Waals surface area contributed by atoms with Gasteiger partial charge in [0.1, 0.15) is 0 Å². The van der Waals surface area contributed by atoms with Crippen molar-refractivity contribution in [1.82, 2.24) is 4.90 Å². The first-order valence-corrected chi connectivity index (χ1v) is 13.3. The number of ether oxygens (including phenoxy) is 1. The molecule has 1 heterocycles. The van der Waals surface area contributed by atoms with E-state index in [1.165, 1.54) is 62.5 Å². The molecule has 0 amide bonds. The monoisotopic (exact) mass is 455 g/mol. The van der Waals surface area contributed by atoms with Crippen LogP contribution in [0.1, 0.15) is 76.3 Å². The summed E-state index contributed by atoms with van der Waals surface area (Å²) >= 11 is 0. The van der Waals surface area contributed by atoms with Crippen LogP contribution in [0.5, 0.6) is 0 Å². The molecule has 0 saturated heterocycles. The van der Waals surface area contributed by atoms with Crippen molar-refractivity contribution in [3.05, 3.63) is 35.4 Å². The number of benzene rings is 1. The maximum Gasteiger partial charge on any atom is 0.397 e. The molecule has 0 spiro atoms. The molecule has 0 saturated carbocycles. The van der Waals surface area contributed by atoms with E-state index in [-0.39, 0.29) is 12.6 Å². The second-order valence-corrected chi connectivity index (χ2v) is 9.84. The Morgan fingerprint density at radius 1 is 0.968 bits per heavy atom. The van der Waals surface area contributed by atoms with E-state index < -0.39 is 10.4 Å². The highest BCUT2D eigenvalue weighted by atomic mass is 32.3. The fourth-order valence-electron chi connectivity index (χ4n) is 4.29. The molecule has 2 atom stereocenters. The number of hydrogen-bond acceptors (Lipinski definition) is 5. The molecular formula is C24H41NO5S. The predicted octanol–water partition coefficient (Wildman–Crippen LogP) is 5.03. The van der Waals surface area contributed by atoms with Crippen molar-refractivity contribution in [2.24, 2.45) is 5.92 Å². The summed E-state index contributed by atoms with van der Waals surface area (Å²) in [7, 11) is -4.47. The lowest BCUT2D eigenvalue weighted by Crippen LogP contribution is -2.45. The Bertz CT molecular complexity index is 724. The second-order valence-electron chi connectivity index (χ2n) is 8.75. The maximum atomic E-state index is 11.2. The number of hydrogen-bond donors (Lipinski definition) is 1. The van der Waals surface area contributed by atoms with Gasteiger partial charge in [-0.3, -0.25) is 9.45 Å². The molecule has 0 aromatic heterocycles. The summed E-state index contributed by atoms with van der Waals surface area (Å²) < 4.78 is 42.3. The molecule has 1 aromatic rings. The van der Waals surface area contributed by atoms with E-state index in [9.17, 15) is 8.42 Å². The van der Waals surface area contributed by atoms with Gasteiger partial charge in [-0.1, -0.05) is 76.6 Å². The zero-order chi connectivity index (χ0) is 22.5. The van der Waals surface area contributed by atoms with Gasteiger partial charge in [0.15, 0.2) is 0 Å². The Kier molecular flexibility index (Phi) is 12.0. The van der Waals surface area contributed by atoms with Crippen LogP contribution in [-0.2, 0) is 32.3 Å². The first kappa shape index (κ1) is 26.3. The Labute approximate surface area is 189 Å². The van der Waals surface area contributed by atoms with Gasteiger partial charge in [-0.05, 0) is 36.3 Å². The van der Waals surface area contributed by atoms with Crippen LogP contribution in [0.3, 0.4) is 0 Å². The number of fused-ring (bicyclic) bond motifs is 1. The van der Waals surface area contributed by atoms with Crippen LogP contribution in [0, 0.1) is 5.92 Å². The zero-order valence-corrected chi connectivity index (χ0v) is 20.1. The Hall–Kier alpha value is -0.990. The van der Waals surface area contributed by atoms with Gasteiger partial charge in [0.2, 0.25) is 0 Å². The summed E-state index contributed by atoms with van der Waals surface area (Å²) in [6.07, 6.45) is 10.7. The fraction of sp³-hybridized carbons (Fsp3) is 0.750. The summed E-state index contributed by atoms with van der Waals surface area (Å²) in [4.78, 5) is 2.20. The highest BCUT2D eigenvalue weighted by Crippen LogP contribution is 2.22. The molecule has 7 heteroatoms. The Morgan fingerprint density at radius 3 is 2.39 bits per heavy atom. The number of nitrogens with zero attached hydrogens (tertiary/aromatic N) is 1. The molecule has 0 radical (unpaired) electrons. The van der Waals surface area contributed by atoms with Gasteiger partial charge in [0.05, 0.1) is 19.3 Å². The quantitative estimate of drug-likeness (QED) is 0.278. The topological polar surface area (TPSA) is 76.1 Å².